The minimum Gasteiger partial charge on any atom is -0.378 e. The molecular formula is C28H25N5O3. The molecule has 0 saturated carbocycles. The van der Waals surface area contributed by atoms with Crippen LogP contribution < -0.4 is 4.90 Å². The van der Waals surface area contributed by atoms with Gasteiger partial charge in [-0.3, -0.25) is 4.79 Å². The van der Waals surface area contributed by atoms with E-state index in [-0.39, 0.29) is 12.2 Å². The van der Waals surface area contributed by atoms with Crippen LogP contribution in [-0.4, -0.2) is 52.2 Å². The van der Waals surface area contributed by atoms with E-state index in [1.807, 2.05) is 60.7 Å². The van der Waals surface area contributed by atoms with Gasteiger partial charge in [-0.05, 0) is 17.2 Å². The summed E-state index contributed by atoms with van der Waals surface area (Å²) in [4.78, 5) is 27.2. The van der Waals surface area contributed by atoms with Crippen LogP contribution in [0, 0.1) is 0 Å². The lowest BCUT2D eigenvalue weighted by Gasteiger charge is -2.27. The molecule has 6 rings (SSSR count). The number of aromatic nitrogens is 4. The molecule has 0 amide bonds. The summed E-state index contributed by atoms with van der Waals surface area (Å²) in [6.45, 7) is 3.04. The third kappa shape index (κ3) is 4.63. The summed E-state index contributed by atoms with van der Waals surface area (Å²) in [7, 11) is 0. The highest BCUT2D eigenvalue weighted by Crippen LogP contribution is 2.29. The lowest BCUT2D eigenvalue weighted by molar-refractivity contribution is -0.118. The summed E-state index contributed by atoms with van der Waals surface area (Å²) >= 11 is 0. The Labute approximate surface area is 207 Å². The number of carbonyl (C=O) groups is 1. The Balaban J connectivity index is 1.14. The number of morpholine rings is 1. The Morgan fingerprint density at radius 2 is 1.72 bits per heavy atom. The second-order valence-electron chi connectivity index (χ2n) is 8.88. The zero-order chi connectivity index (χ0) is 24.3. The van der Waals surface area contributed by atoms with E-state index in [4.69, 9.17) is 9.26 Å². The molecule has 180 valence electrons. The molecular weight excluding hydrogens is 454 g/mol. The molecule has 0 atom stereocenters. The zero-order valence-corrected chi connectivity index (χ0v) is 19.7. The lowest BCUT2D eigenvalue weighted by Crippen LogP contribution is -2.36. The summed E-state index contributed by atoms with van der Waals surface area (Å²) in [5, 5.41) is 5.09. The minimum atomic E-state index is 0.0783. The third-order valence-electron chi connectivity index (χ3n) is 6.38. The maximum atomic E-state index is 12.7. The molecule has 4 heterocycles. The first-order valence-electron chi connectivity index (χ1n) is 12.0. The van der Waals surface area contributed by atoms with E-state index < -0.39 is 0 Å². The third-order valence-corrected chi connectivity index (χ3v) is 6.38. The van der Waals surface area contributed by atoms with Crippen LogP contribution in [0.1, 0.15) is 11.3 Å². The van der Waals surface area contributed by atoms with Crippen LogP contribution in [0.15, 0.2) is 77.6 Å². The fourth-order valence-electron chi connectivity index (χ4n) is 4.54. The number of carbonyl (C=O) groups excluding carboxylic acids is 1. The number of nitrogens with one attached hydrogen (secondary N) is 1. The summed E-state index contributed by atoms with van der Waals surface area (Å²) < 4.78 is 10.9. The predicted molar refractivity (Wildman–Crippen MR) is 137 cm³/mol. The lowest BCUT2D eigenvalue weighted by atomic mass is 10.0. The number of ketones is 1. The van der Waals surface area contributed by atoms with E-state index in [0.717, 1.165) is 58.0 Å². The number of rotatable bonds is 7. The second-order valence-corrected chi connectivity index (χ2v) is 8.88. The monoisotopic (exact) mass is 479 g/mol. The fourth-order valence-corrected chi connectivity index (χ4v) is 4.54. The van der Waals surface area contributed by atoms with Gasteiger partial charge in [0.25, 0.3) is 0 Å². The Hall–Kier alpha value is -4.30. The van der Waals surface area contributed by atoms with Gasteiger partial charge in [0.05, 0.1) is 25.0 Å². The van der Waals surface area contributed by atoms with Crippen molar-refractivity contribution in [2.45, 2.75) is 12.8 Å². The molecule has 0 spiro atoms. The number of Topliss-reactive ketones (excluding diaryl/α,β-unsaturated/α-hetero) is 1. The minimum absolute atomic E-state index is 0.0783. The maximum absolute atomic E-state index is 12.7. The van der Waals surface area contributed by atoms with Gasteiger partial charge in [-0.1, -0.05) is 59.8 Å². The SMILES string of the molecule is O=C(Cc1ccc(-c2cc3c(N4CCOCC4)ncnc3[nH]2)cc1)Cc1cc(-c2ccccc2)no1. The number of aromatic amines is 1. The van der Waals surface area contributed by atoms with E-state index in [1.165, 1.54) is 0 Å². The molecule has 8 heteroatoms. The first-order chi connectivity index (χ1) is 17.7. The normalized spacial score (nSPS) is 13.8. The van der Waals surface area contributed by atoms with Crippen LogP contribution in [-0.2, 0) is 22.4 Å². The van der Waals surface area contributed by atoms with Crippen LogP contribution in [0.5, 0.6) is 0 Å². The summed E-state index contributed by atoms with van der Waals surface area (Å²) in [5.74, 6) is 1.58. The quantitative estimate of drug-likeness (QED) is 0.368. The van der Waals surface area contributed by atoms with Gasteiger partial charge >= 0.3 is 0 Å². The van der Waals surface area contributed by atoms with Crippen LogP contribution in [0.4, 0.5) is 5.82 Å². The fraction of sp³-hybridized carbons (Fsp3) is 0.214. The van der Waals surface area contributed by atoms with Crippen LogP contribution in [0.3, 0.4) is 0 Å². The standard InChI is InChI=1S/C28H25N5O3/c34-22(15-23-16-26(32-36-23)20-4-2-1-3-5-20)14-19-6-8-21(9-7-19)25-17-24-27(31-25)29-18-30-28(24)33-10-12-35-13-11-33/h1-9,16-18H,10-15H2,(H,29,30,31). The molecule has 5 aromatic rings. The zero-order valence-electron chi connectivity index (χ0n) is 19.7. The summed E-state index contributed by atoms with van der Waals surface area (Å²) in [5.41, 5.74) is 5.46. The Morgan fingerprint density at radius 1 is 0.917 bits per heavy atom. The van der Waals surface area contributed by atoms with Crippen LogP contribution in [0.2, 0.25) is 0 Å². The van der Waals surface area contributed by atoms with Gasteiger partial charge in [0.15, 0.2) is 0 Å². The molecule has 0 bridgehead atoms. The van der Waals surface area contributed by atoms with Crippen molar-refractivity contribution in [2.24, 2.45) is 0 Å². The number of ether oxygens (including phenoxy) is 1. The smallest absolute Gasteiger partial charge is 0.144 e. The highest BCUT2D eigenvalue weighted by atomic mass is 16.5. The van der Waals surface area contributed by atoms with Crippen LogP contribution >= 0.6 is 0 Å². The number of fused-ring (bicyclic) bond motifs is 1. The number of hydrogen-bond acceptors (Lipinski definition) is 7. The summed E-state index contributed by atoms with van der Waals surface area (Å²) in [6, 6.07) is 21.7. The topological polar surface area (TPSA) is 97.1 Å². The number of benzene rings is 2. The first kappa shape index (κ1) is 22.2. The Morgan fingerprint density at radius 3 is 2.53 bits per heavy atom. The van der Waals surface area contributed by atoms with Crippen molar-refractivity contribution in [1.29, 1.82) is 0 Å². The van der Waals surface area contributed by atoms with Crippen molar-refractivity contribution < 1.29 is 14.1 Å². The number of H-pyrrole nitrogens is 1. The molecule has 1 aliphatic heterocycles. The van der Waals surface area contributed by atoms with Gasteiger partial charge in [-0.2, -0.15) is 0 Å². The molecule has 0 unspecified atom stereocenters. The van der Waals surface area contributed by atoms with Crippen molar-refractivity contribution in [3.05, 3.63) is 84.4 Å². The van der Waals surface area contributed by atoms with E-state index in [9.17, 15) is 4.79 Å². The van der Waals surface area contributed by atoms with Crippen molar-refractivity contribution in [3.8, 4) is 22.5 Å². The predicted octanol–water partition coefficient (Wildman–Crippen LogP) is 4.47. The van der Waals surface area contributed by atoms with E-state index in [2.05, 4.69) is 31.1 Å². The molecule has 1 fully saturated rings. The average molecular weight is 480 g/mol. The van der Waals surface area contributed by atoms with Crippen molar-refractivity contribution in [2.75, 3.05) is 31.2 Å². The molecule has 1 N–H and O–H groups in total. The first-order valence-corrected chi connectivity index (χ1v) is 12.0. The number of anilines is 1. The van der Waals surface area contributed by atoms with E-state index in [1.54, 1.807) is 6.33 Å². The highest BCUT2D eigenvalue weighted by Gasteiger charge is 2.18. The number of hydrogen-bond donors (Lipinski definition) is 1. The van der Waals surface area contributed by atoms with E-state index >= 15 is 0 Å². The van der Waals surface area contributed by atoms with Gasteiger partial charge in [-0.25, -0.2) is 9.97 Å². The molecule has 2 aromatic carbocycles. The molecule has 0 radical (unpaired) electrons. The largest absolute Gasteiger partial charge is 0.378 e. The Bertz CT molecular complexity index is 1480. The van der Waals surface area contributed by atoms with E-state index in [0.29, 0.717) is 25.4 Å². The van der Waals surface area contributed by atoms with Gasteiger partial charge in [0, 0.05) is 36.8 Å². The molecule has 1 saturated heterocycles. The highest BCUT2D eigenvalue weighted by molar-refractivity contribution is 5.92. The van der Waals surface area contributed by atoms with Gasteiger partial charge in [0.1, 0.15) is 35.0 Å². The average Bonchev–Trinajstić information content (AvgIpc) is 3.57. The van der Waals surface area contributed by atoms with Gasteiger partial charge < -0.3 is 19.1 Å². The van der Waals surface area contributed by atoms with Crippen molar-refractivity contribution in [1.82, 2.24) is 20.1 Å². The molecule has 3 aromatic heterocycles. The van der Waals surface area contributed by atoms with Gasteiger partial charge in [-0.15, -0.1) is 0 Å². The van der Waals surface area contributed by atoms with Crippen LogP contribution in [0.25, 0.3) is 33.5 Å². The second kappa shape index (κ2) is 9.75. The molecule has 36 heavy (non-hydrogen) atoms. The molecule has 1 aliphatic rings. The van der Waals surface area contributed by atoms with Crippen molar-refractivity contribution in [3.63, 3.8) is 0 Å². The number of nitrogens with zero attached hydrogens (tertiary/aromatic N) is 4. The van der Waals surface area contributed by atoms with Crippen molar-refractivity contribution >= 4 is 22.6 Å². The summed E-state index contributed by atoms with van der Waals surface area (Å²) in [6.07, 6.45) is 2.15. The molecule has 8 nitrogen and oxygen atoms in total. The Kier molecular flexibility index (Phi) is 6.01. The molecule has 0 aliphatic carbocycles. The van der Waals surface area contributed by atoms with Gasteiger partial charge in [0.2, 0.25) is 0 Å². The maximum Gasteiger partial charge on any atom is 0.144 e.